The molecule has 1 saturated heterocycles. The molecule has 3 aromatic heterocycles. The average molecular weight is 395 g/mol. The summed E-state index contributed by atoms with van der Waals surface area (Å²) in [5, 5.41) is 9.41. The van der Waals surface area contributed by atoms with Crippen molar-refractivity contribution < 1.29 is 0 Å². The topological polar surface area (TPSA) is 61.8 Å². The van der Waals surface area contributed by atoms with E-state index in [1.165, 1.54) is 5.56 Å². The molecule has 7 heteroatoms. The van der Waals surface area contributed by atoms with Crippen LogP contribution in [0.15, 0.2) is 30.6 Å². The van der Waals surface area contributed by atoms with Crippen molar-refractivity contribution in [3.05, 3.63) is 46.9 Å². The Bertz CT molecular complexity index is 1170. The first kappa shape index (κ1) is 17.7. The minimum atomic E-state index is 0.718. The molecule has 4 aromatic rings. The van der Waals surface area contributed by atoms with E-state index in [1.807, 2.05) is 24.1 Å². The van der Waals surface area contributed by atoms with E-state index in [2.05, 4.69) is 45.4 Å². The van der Waals surface area contributed by atoms with Crippen LogP contribution in [0, 0.1) is 6.92 Å². The molecule has 0 saturated carbocycles. The zero-order valence-corrected chi connectivity index (χ0v) is 16.8. The Morgan fingerprint density at radius 3 is 2.82 bits per heavy atom. The van der Waals surface area contributed by atoms with Gasteiger partial charge in [-0.1, -0.05) is 17.7 Å². The van der Waals surface area contributed by atoms with Gasteiger partial charge in [0.15, 0.2) is 0 Å². The van der Waals surface area contributed by atoms with Crippen LogP contribution in [0.25, 0.3) is 33.1 Å². The smallest absolute Gasteiger partial charge is 0.0961 e. The minimum Gasteiger partial charge on any atom is -0.359 e. The van der Waals surface area contributed by atoms with Crippen molar-refractivity contribution in [2.24, 2.45) is 7.05 Å². The molecule has 6 nitrogen and oxygen atoms in total. The second-order valence-electron chi connectivity index (χ2n) is 7.49. The number of aryl methyl sites for hydroxylation is 2. The number of hydrogen-bond acceptors (Lipinski definition) is 4. The molecule has 0 aliphatic carbocycles. The lowest BCUT2D eigenvalue weighted by atomic mass is 10.0. The number of piperazine rings is 1. The molecule has 144 valence electrons. The summed E-state index contributed by atoms with van der Waals surface area (Å²) in [7, 11) is 1.93. The van der Waals surface area contributed by atoms with E-state index < -0.39 is 0 Å². The molecule has 4 heterocycles. The summed E-state index contributed by atoms with van der Waals surface area (Å²) in [5.41, 5.74) is 7.40. The molecule has 1 fully saturated rings. The lowest BCUT2D eigenvalue weighted by Gasteiger charge is -2.27. The molecular weight excluding hydrogens is 372 g/mol. The Kier molecular flexibility index (Phi) is 4.34. The fourth-order valence-corrected chi connectivity index (χ4v) is 4.37. The number of benzene rings is 1. The second kappa shape index (κ2) is 6.88. The minimum absolute atomic E-state index is 0.718. The Balaban J connectivity index is 1.56. The van der Waals surface area contributed by atoms with Crippen LogP contribution in [0.2, 0.25) is 5.02 Å². The fourth-order valence-electron chi connectivity index (χ4n) is 4.06. The van der Waals surface area contributed by atoms with Gasteiger partial charge in [-0.2, -0.15) is 5.10 Å². The highest BCUT2D eigenvalue weighted by molar-refractivity contribution is 6.38. The number of H-pyrrole nitrogens is 1. The fraction of sp³-hybridized carbons (Fsp3) is 0.333. The van der Waals surface area contributed by atoms with Gasteiger partial charge in [-0.05, 0) is 24.6 Å². The van der Waals surface area contributed by atoms with Gasteiger partial charge in [0, 0.05) is 68.2 Å². The Morgan fingerprint density at radius 1 is 1.18 bits per heavy atom. The summed E-state index contributed by atoms with van der Waals surface area (Å²) < 4.78 is 1.84. The van der Waals surface area contributed by atoms with Gasteiger partial charge < -0.3 is 10.3 Å². The van der Waals surface area contributed by atoms with E-state index in [-0.39, 0.29) is 0 Å². The van der Waals surface area contributed by atoms with Crippen molar-refractivity contribution in [3.63, 3.8) is 0 Å². The first-order valence-corrected chi connectivity index (χ1v) is 10.0. The summed E-state index contributed by atoms with van der Waals surface area (Å²) in [6, 6.07) is 6.36. The highest BCUT2D eigenvalue weighted by atomic mass is 35.5. The summed E-state index contributed by atoms with van der Waals surface area (Å²) in [5.74, 6) is 0. The summed E-state index contributed by atoms with van der Waals surface area (Å²) in [6.45, 7) is 7.29. The summed E-state index contributed by atoms with van der Waals surface area (Å²) in [6.07, 6.45) is 3.83. The third kappa shape index (κ3) is 2.89. The lowest BCUT2D eigenvalue weighted by Crippen LogP contribution is -2.43. The van der Waals surface area contributed by atoms with Crippen LogP contribution < -0.4 is 5.32 Å². The van der Waals surface area contributed by atoms with Crippen molar-refractivity contribution in [3.8, 4) is 11.1 Å². The molecule has 0 atom stereocenters. The summed E-state index contributed by atoms with van der Waals surface area (Å²) >= 11 is 6.74. The molecule has 1 aliphatic heterocycles. The highest BCUT2D eigenvalue weighted by Gasteiger charge is 2.17. The van der Waals surface area contributed by atoms with Crippen molar-refractivity contribution >= 4 is 33.5 Å². The maximum atomic E-state index is 6.74. The third-order valence-electron chi connectivity index (χ3n) is 5.70. The number of pyridine rings is 1. The Labute approximate surface area is 168 Å². The number of halogens is 1. The predicted molar refractivity (Wildman–Crippen MR) is 114 cm³/mol. The van der Waals surface area contributed by atoms with Gasteiger partial charge in [0.05, 0.1) is 27.8 Å². The van der Waals surface area contributed by atoms with Crippen LogP contribution in [0.1, 0.15) is 11.3 Å². The van der Waals surface area contributed by atoms with Crippen LogP contribution in [0.4, 0.5) is 0 Å². The van der Waals surface area contributed by atoms with Gasteiger partial charge in [-0.3, -0.25) is 14.6 Å². The van der Waals surface area contributed by atoms with Gasteiger partial charge in [-0.15, -0.1) is 0 Å². The maximum Gasteiger partial charge on any atom is 0.0961 e. The van der Waals surface area contributed by atoms with Gasteiger partial charge in [0.25, 0.3) is 0 Å². The zero-order chi connectivity index (χ0) is 19.3. The molecule has 0 bridgehead atoms. The molecule has 0 spiro atoms. The Hall–Kier alpha value is -2.41. The molecule has 0 radical (unpaired) electrons. The number of hydrogen-bond donors (Lipinski definition) is 2. The van der Waals surface area contributed by atoms with E-state index in [9.17, 15) is 0 Å². The van der Waals surface area contributed by atoms with Gasteiger partial charge in [-0.25, -0.2) is 0 Å². The molecule has 28 heavy (non-hydrogen) atoms. The average Bonchev–Trinajstić information content (AvgIpc) is 3.27. The van der Waals surface area contributed by atoms with Crippen molar-refractivity contribution in [1.29, 1.82) is 0 Å². The second-order valence-corrected chi connectivity index (χ2v) is 7.86. The zero-order valence-electron chi connectivity index (χ0n) is 16.1. The van der Waals surface area contributed by atoms with E-state index >= 15 is 0 Å². The van der Waals surface area contributed by atoms with E-state index in [4.69, 9.17) is 16.6 Å². The monoisotopic (exact) mass is 394 g/mol. The largest absolute Gasteiger partial charge is 0.359 e. The van der Waals surface area contributed by atoms with Crippen LogP contribution in [0.5, 0.6) is 0 Å². The van der Waals surface area contributed by atoms with Gasteiger partial charge >= 0.3 is 0 Å². The number of nitrogens with zero attached hydrogens (tertiary/aromatic N) is 4. The van der Waals surface area contributed by atoms with Crippen molar-refractivity contribution in [2.75, 3.05) is 26.2 Å². The van der Waals surface area contributed by atoms with E-state index in [1.54, 1.807) is 0 Å². The SMILES string of the molecule is Cc1nc2c(-c3ccc4c(cnn4C)c3Cl)c[nH]c2cc1CN1CCNCC1. The molecule has 1 aliphatic rings. The number of rotatable bonds is 3. The standard InChI is InChI=1S/C21H23ClN6/c1-13-14(12-28-7-5-23-6-8-28)9-18-21(26-13)16(10-24-18)15-3-4-19-17(20(15)22)11-25-27(19)2/h3-4,9-11,23-24H,5-8,12H2,1-2H3. The van der Waals surface area contributed by atoms with Gasteiger partial charge in [0.1, 0.15) is 0 Å². The maximum absolute atomic E-state index is 6.74. The first-order chi connectivity index (χ1) is 13.6. The third-order valence-corrected chi connectivity index (χ3v) is 6.11. The summed E-state index contributed by atoms with van der Waals surface area (Å²) in [4.78, 5) is 10.8. The van der Waals surface area contributed by atoms with Gasteiger partial charge in [0.2, 0.25) is 0 Å². The predicted octanol–water partition coefficient (Wildman–Crippen LogP) is 3.48. The lowest BCUT2D eigenvalue weighted by molar-refractivity contribution is 0.232. The highest BCUT2D eigenvalue weighted by Crippen LogP contribution is 2.37. The number of nitrogens with one attached hydrogen (secondary N) is 2. The van der Waals surface area contributed by atoms with Crippen LogP contribution in [-0.4, -0.2) is 50.8 Å². The van der Waals surface area contributed by atoms with Crippen LogP contribution in [0.3, 0.4) is 0 Å². The van der Waals surface area contributed by atoms with E-state index in [0.29, 0.717) is 0 Å². The normalized spacial score (nSPS) is 15.7. The number of fused-ring (bicyclic) bond motifs is 2. The number of aromatic amines is 1. The molecule has 0 amide bonds. The van der Waals surface area contributed by atoms with Crippen molar-refractivity contribution in [2.45, 2.75) is 13.5 Å². The van der Waals surface area contributed by atoms with Crippen molar-refractivity contribution in [1.82, 2.24) is 30.0 Å². The molecule has 0 unspecified atom stereocenters. The van der Waals surface area contributed by atoms with E-state index in [0.717, 1.165) is 76.5 Å². The first-order valence-electron chi connectivity index (χ1n) is 9.63. The Morgan fingerprint density at radius 2 is 2.00 bits per heavy atom. The molecule has 2 N–H and O–H groups in total. The molecule has 1 aromatic carbocycles. The number of aromatic nitrogens is 4. The van der Waals surface area contributed by atoms with Crippen LogP contribution in [-0.2, 0) is 13.6 Å². The quantitative estimate of drug-likeness (QED) is 0.558. The van der Waals surface area contributed by atoms with Crippen LogP contribution >= 0.6 is 11.6 Å². The molecule has 5 rings (SSSR count). The molecular formula is C21H23ClN6.